The van der Waals surface area contributed by atoms with Gasteiger partial charge in [0.15, 0.2) is 0 Å². The molecule has 1 aromatic carbocycles. The van der Waals surface area contributed by atoms with E-state index in [4.69, 9.17) is 5.73 Å². The van der Waals surface area contributed by atoms with E-state index in [0.29, 0.717) is 23.0 Å². The predicted octanol–water partition coefficient (Wildman–Crippen LogP) is 2.62. The van der Waals surface area contributed by atoms with Crippen LogP contribution in [0.1, 0.15) is 20.8 Å². The molecule has 0 saturated carbocycles. The quantitative estimate of drug-likeness (QED) is 0.835. The molecule has 0 aliphatic rings. The third-order valence-electron chi connectivity index (χ3n) is 2.68. The molecule has 4 nitrogen and oxygen atoms in total. The minimum Gasteiger partial charge on any atom is -0.399 e. The number of benzene rings is 1. The molecule has 1 aromatic rings. The van der Waals surface area contributed by atoms with Crippen molar-refractivity contribution in [2.75, 3.05) is 25.9 Å². The molecule has 1 atom stereocenters. The molecule has 102 valence electrons. The number of hydrogen-bond donors (Lipinski definition) is 1. The molecule has 5 heteroatoms. The van der Waals surface area contributed by atoms with Gasteiger partial charge in [0, 0.05) is 25.8 Å². The van der Waals surface area contributed by atoms with Gasteiger partial charge in [0.2, 0.25) is 0 Å². The van der Waals surface area contributed by atoms with Crippen LogP contribution in [0.4, 0.5) is 5.69 Å². The molecule has 0 aliphatic carbocycles. The first-order valence-corrected chi connectivity index (χ1v) is 7.67. The van der Waals surface area contributed by atoms with Crippen molar-refractivity contribution >= 4 is 15.6 Å². The largest absolute Gasteiger partial charge is 0.399 e. The maximum absolute atomic E-state index is 13.1. The summed E-state index contributed by atoms with van der Waals surface area (Å²) in [7, 11) is -0.930. The van der Waals surface area contributed by atoms with Crippen LogP contribution in [-0.4, -0.2) is 28.7 Å². The highest BCUT2D eigenvalue weighted by atomic mass is 32.2. The Morgan fingerprint density at radius 2 is 2.11 bits per heavy atom. The average Bonchev–Trinajstić information content (AvgIpc) is 2.34. The van der Waals surface area contributed by atoms with E-state index >= 15 is 0 Å². The van der Waals surface area contributed by atoms with E-state index in [1.165, 1.54) is 0 Å². The number of nitrogens with zero attached hydrogens (tertiary/aromatic N) is 2. The lowest BCUT2D eigenvalue weighted by atomic mass is 10.2. The van der Waals surface area contributed by atoms with Gasteiger partial charge in [0.25, 0.3) is 0 Å². The number of nitrogens with two attached hydrogens (primary N) is 1. The van der Waals surface area contributed by atoms with E-state index < -0.39 is 9.92 Å². The second-order valence-electron chi connectivity index (χ2n) is 4.63. The minimum absolute atomic E-state index is 0.439. The van der Waals surface area contributed by atoms with Crippen molar-refractivity contribution in [3.63, 3.8) is 0 Å². The van der Waals surface area contributed by atoms with Crippen molar-refractivity contribution < 1.29 is 4.21 Å². The van der Waals surface area contributed by atoms with Gasteiger partial charge in [0.05, 0.1) is 4.90 Å². The zero-order valence-corrected chi connectivity index (χ0v) is 12.4. The van der Waals surface area contributed by atoms with Gasteiger partial charge < -0.3 is 5.73 Å². The van der Waals surface area contributed by atoms with Crippen molar-refractivity contribution in [1.29, 1.82) is 0 Å². The first kappa shape index (κ1) is 15.0. The van der Waals surface area contributed by atoms with Crippen molar-refractivity contribution in [1.82, 2.24) is 4.31 Å². The van der Waals surface area contributed by atoms with Crippen LogP contribution in [-0.2, 0) is 9.92 Å². The van der Waals surface area contributed by atoms with Gasteiger partial charge >= 0.3 is 0 Å². The summed E-state index contributed by atoms with van der Waals surface area (Å²) in [4.78, 5) is 0.688. The standard InChI is InChI=1S/C13H23N3OS/c1-5-16(10-11(2)3)18(17,15-4)13-8-6-7-12(14)9-13/h6-9,11H,5,10,14H2,1-4H3. The Kier molecular flexibility index (Phi) is 5.16. The molecule has 0 aliphatic heterocycles. The molecule has 0 saturated heterocycles. The van der Waals surface area contributed by atoms with Gasteiger partial charge in [-0.1, -0.05) is 26.8 Å². The van der Waals surface area contributed by atoms with E-state index in [1.807, 2.05) is 23.4 Å². The molecule has 0 spiro atoms. The van der Waals surface area contributed by atoms with Crippen LogP contribution in [0, 0.1) is 5.92 Å². The summed E-state index contributed by atoms with van der Waals surface area (Å²) in [5.41, 5.74) is 6.38. The zero-order chi connectivity index (χ0) is 13.8. The lowest BCUT2D eigenvalue weighted by molar-refractivity contribution is 0.400. The molecule has 0 radical (unpaired) electrons. The fourth-order valence-corrected chi connectivity index (χ4v) is 4.00. The number of hydrogen-bond acceptors (Lipinski definition) is 3. The van der Waals surface area contributed by atoms with Crippen molar-refractivity contribution in [2.24, 2.45) is 10.3 Å². The fraction of sp³-hybridized carbons (Fsp3) is 0.538. The van der Waals surface area contributed by atoms with Crippen molar-refractivity contribution in [2.45, 2.75) is 25.7 Å². The molecule has 0 bridgehead atoms. The fourth-order valence-electron chi connectivity index (χ4n) is 1.86. The highest BCUT2D eigenvalue weighted by molar-refractivity contribution is 7.91. The summed E-state index contributed by atoms with van der Waals surface area (Å²) in [6.45, 7) is 7.67. The summed E-state index contributed by atoms with van der Waals surface area (Å²) in [6.07, 6.45) is 0. The van der Waals surface area contributed by atoms with Crippen LogP contribution in [0.5, 0.6) is 0 Å². The third kappa shape index (κ3) is 3.23. The van der Waals surface area contributed by atoms with Crippen LogP contribution in [0.3, 0.4) is 0 Å². The lowest BCUT2D eigenvalue weighted by Crippen LogP contribution is -2.33. The Labute approximate surface area is 110 Å². The second kappa shape index (κ2) is 6.20. The van der Waals surface area contributed by atoms with Crippen molar-refractivity contribution in [3.05, 3.63) is 24.3 Å². The molecule has 0 heterocycles. The molecular formula is C13H23N3OS. The molecule has 0 aromatic heterocycles. The SMILES string of the molecule is CCN(CC(C)C)S(=O)(=NC)c1cccc(N)c1. The first-order chi connectivity index (χ1) is 8.43. The van der Waals surface area contributed by atoms with Gasteiger partial charge in [-0.25, -0.2) is 12.9 Å². The maximum Gasteiger partial charge on any atom is 0.139 e. The monoisotopic (exact) mass is 269 g/mol. The lowest BCUT2D eigenvalue weighted by Gasteiger charge is -2.26. The van der Waals surface area contributed by atoms with Gasteiger partial charge in [-0.3, -0.25) is 0 Å². The second-order valence-corrected chi connectivity index (χ2v) is 6.97. The van der Waals surface area contributed by atoms with Crippen LogP contribution < -0.4 is 5.73 Å². The first-order valence-electron chi connectivity index (χ1n) is 6.20. The van der Waals surface area contributed by atoms with Crippen LogP contribution in [0.2, 0.25) is 0 Å². The molecule has 1 unspecified atom stereocenters. The molecular weight excluding hydrogens is 246 g/mol. The summed E-state index contributed by atoms with van der Waals surface area (Å²) in [6, 6.07) is 7.18. The van der Waals surface area contributed by atoms with Gasteiger partial charge in [-0.05, 0) is 24.1 Å². The summed E-state index contributed by atoms with van der Waals surface area (Å²) in [5.74, 6) is 0.439. The van der Waals surface area contributed by atoms with Gasteiger partial charge in [0.1, 0.15) is 9.92 Å². The highest BCUT2D eigenvalue weighted by Crippen LogP contribution is 2.21. The number of nitrogen functional groups attached to an aromatic ring is 1. The number of rotatable bonds is 5. The van der Waals surface area contributed by atoms with Gasteiger partial charge in [-0.15, -0.1) is 0 Å². The maximum atomic E-state index is 13.1. The Balaban J connectivity index is 3.24. The average molecular weight is 269 g/mol. The third-order valence-corrected chi connectivity index (χ3v) is 5.15. The molecule has 0 amide bonds. The topological polar surface area (TPSA) is 58.7 Å². The zero-order valence-electron chi connectivity index (χ0n) is 11.6. The Hall–Kier alpha value is -1.07. The normalized spacial score (nSPS) is 14.8. The molecule has 0 fully saturated rings. The summed E-state index contributed by atoms with van der Waals surface area (Å²) >= 11 is 0. The predicted molar refractivity (Wildman–Crippen MR) is 77.7 cm³/mol. The molecule has 18 heavy (non-hydrogen) atoms. The van der Waals surface area contributed by atoms with Gasteiger partial charge in [-0.2, -0.15) is 0 Å². The van der Waals surface area contributed by atoms with Crippen LogP contribution >= 0.6 is 0 Å². The summed E-state index contributed by atoms with van der Waals surface area (Å²) < 4.78 is 19.2. The van der Waals surface area contributed by atoms with Crippen LogP contribution in [0.15, 0.2) is 33.5 Å². The summed E-state index contributed by atoms with van der Waals surface area (Å²) in [5, 5.41) is 0. The van der Waals surface area contributed by atoms with E-state index in [9.17, 15) is 4.21 Å². The molecule has 2 N–H and O–H groups in total. The number of anilines is 1. The van der Waals surface area contributed by atoms with E-state index in [0.717, 1.165) is 6.54 Å². The highest BCUT2D eigenvalue weighted by Gasteiger charge is 2.21. The molecule has 1 rings (SSSR count). The Bertz CT molecular complexity index is 505. The van der Waals surface area contributed by atoms with E-state index in [2.05, 4.69) is 18.2 Å². The van der Waals surface area contributed by atoms with E-state index in [-0.39, 0.29) is 0 Å². The van der Waals surface area contributed by atoms with E-state index in [1.54, 1.807) is 19.2 Å². The minimum atomic E-state index is -2.54. The van der Waals surface area contributed by atoms with Crippen LogP contribution in [0.25, 0.3) is 0 Å². The van der Waals surface area contributed by atoms with Crippen molar-refractivity contribution in [3.8, 4) is 0 Å². The smallest absolute Gasteiger partial charge is 0.139 e. The Morgan fingerprint density at radius 1 is 1.44 bits per heavy atom. The Morgan fingerprint density at radius 3 is 2.56 bits per heavy atom.